The molecule has 2 amide bonds. The van der Waals surface area contributed by atoms with E-state index < -0.39 is 6.04 Å². The Morgan fingerprint density at radius 1 is 0.865 bits per heavy atom. The van der Waals surface area contributed by atoms with Crippen LogP contribution in [0, 0.1) is 0 Å². The van der Waals surface area contributed by atoms with Crippen molar-refractivity contribution in [3.8, 4) is 0 Å². The molecule has 1 atom stereocenters. The lowest BCUT2D eigenvalue weighted by molar-refractivity contribution is -0.141. The molecule has 0 radical (unpaired) electrons. The number of benzene rings is 3. The molecule has 3 aromatic carbocycles. The van der Waals surface area contributed by atoms with Crippen molar-refractivity contribution in [2.75, 3.05) is 0 Å². The fourth-order valence-electron chi connectivity index (χ4n) is 4.97. The Morgan fingerprint density at radius 3 is 2.16 bits per heavy atom. The maximum atomic E-state index is 13.8. The monoisotopic (exact) mass is 536 g/mol. The standard InChI is InChI=1S/C31H34Cl2N2O2/c32-26-18-17-25(28(33)21-26)22-35(30(36)19-16-23-10-4-1-5-11-23)29(20-24-12-6-2-7-13-24)31(37)34-27-14-8-3-9-15-27/h1-2,4-7,10-13,17-18,21,27,29H,3,8-9,14-16,19-20,22H2,(H,34,37). The summed E-state index contributed by atoms with van der Waals surface area (Å²) >= 11 is 12.7. The van der Waals surface area contributed by atoms with Gasteiger partial charge in [0, 0.05) is 35.5 Å². The number of carbonyl (C=O) groups excluding carboxylic acids is 2. The molecule has 1 N–H and O–H groups in total. The van der Waals surface area contributed by atoms with Gasteiger partial charge in [-0.15, -0.1) is 0 Å². The zero-order chi connectivity index (χ0) is 26.0. The molecule has 1 fully saturated rings. The Balaban J connectivity index is 1.63. The van der Waals surface area contributed by atoms with Gasteiger partial charge in [0.05, 0.1) is 0 Å². The van der Waals surface area contributed by atoms with Crippen LogP contribution in [0.2, 0.25) is 10.0 Å². The first kappa shape index (κ1) is 27.2. The van der Waals surface area contributed by atoms with Gasteiger partial charge in [-0.25, -0.2) is 0 Å². The normalized spacial score (nSPS) is 14.6. The molecular weight excluding hydrogens is 503 g/mol. The summed E-state index contributed by atoms with van der Waals surface area (Å²) in [4.78, 5) is 29.3. The summed E-state index contributed by atoms with van der Waals surface area (Å²) in [6.45, 7) is 0.235. The number of hydrogen-bond acceptors (Lipinski definition) is 2. The predicted octanol–water partition coefficient (Wildman–Crippen LogP) is 7.02. The van der Waals surface area contributed by atoms with E-state index in [0.717, 1.165) is 42.4 Å². The van der Waals surface area contributed by atoms with Crippen LogP contribution in [0.3, 0.4) is 0 Å². The van der Waals surface area contributed by atoms with E-state index in [4.69, 9.17) is 23.2 Å². The topological polar surface area (TPSA) is 49.4 Å². The number of rotatable bonds is 10. The summed E-state index contributed by atoms with van der Waals surface area (Å²) in [5.41, 5.74) is 2.86. The highest BCUT2D eigenvalue weighted by atomic mass is 35.5. The smallest absolute Gasteiger partial charge is 0.243 e. The van der Waals surface area contributed by atoms with E-state index in [0.29, 0.717) is 29.3 Å². The van der Waals surface area contributed by atoms with Crippen LogP contribution in [-0.4, -0.2) is 28.8 Å². The lowest BCUT2D eigenvalue weighted by Crippen LogP contribution is -2.53. The van der Waals surface area contributed by atoms with Gasteiger partial charge in [0.15, 0.2) is 0 Å². The first-order valence-electron chi connectivity index (χ1n) is 13.1. The van der Waals surface area contributed by atoms with Crippen molar-refractivity contribution in [3.05, 3.63) is 106 Å². The Morgan fingerprint density at radius 2 is 1.51 bits per heavy atom. The number of nitrogens with one attached hydrogen (secondary N) is 1. The van der Waals surface area contributed by atoms with Gasteiger partial charge < -0.3 is 10.2 Å². The average Bonchev–Trinajstić information content (AvgIpc) is 2.92. The molecule has 4 rings (SSSR count). The van der Waals surface area contributed by atoms with Crippen LogP contribution in [0.5, 0.6) is 0 Å². The van der Waals surface area contributed by atoms with Crippen molar-refractivity contribution >= 4 is 35.0 Å². The van der Waals surface area contributed by atoms with Crippen LogP contribution in [0.25, 0.3) is 0 Å². The van der Waals surface area contributed by atoms with Crippen molar-refractivity contribution < 1.29 is 9.59 Å². The molecule has 3 aromatic rings. The van der Waals surface area contributed by atoms with Gasteiger partial charge in [0.2, 0.25) is 11.8 Å². The van der Waals surface area contributed by atoms with Crippen molar-refractivity contribution in [1.82, 2.24) is 10.2 Å². The molecule has 1 saturated carbocycles. The van der Waals surface area contributed by atoms with Gasteiger partial charge in [-0.1, -0.05) is 109 Å². The van der Waals surface area contributed by atoms with Crippen LogP contribution in [0.4, 0.5) is 0 Å². The largest absolute Gasteiger partial charge is 0.352 e. The molecule has 0 spiro atoms. The summed E-state index contributed by atoms with van der Waals surface area (Å²) in [6.07, 6.45) is 6.75. The second kappa shape index (κ2) is 13.6. The lowest BCUT2D eigenvalue weighted by atomic mass is 9.94. The summed E-state index contributed by atoms with van der Waals surface area (Å²) in [5, 5.41) is 4.29. The Kier molecular flexibility index (Phi) is 10.0. The minimum atomic E-state index is -0.653. The van der Waals surface area contributed by atoms with E-state index in [2.05, 4.69) is 5.32 Å². The molecule has 194 valence electrons. The maximum Gasteiger partial charge on any atom is 0.243 e. The number of hydrogen-bond donors (Lipinski definition) is 1. The Bertz CT molecular complexity index is 1160. The lowest BCUT2D eigenvalue weighted by Gasteiger charge is -2.34. The van der Waals surface area contributed by atoms with Crippen molar-refractivity contribution in [3.63, 3.8) is 0 Å². The summed E-state index contributed by atoms with van der Waals surface area (Å²) in [5.74, 6) is -0.177. The highest BCUT2D eigenvalue weighted by Crippen LogP contribution is 2.25. The van der Waals surface area contributed by atoms with Crippen LogP contribution in [-0.2, 0) is 29.0 Å². The van der Waals surface area contributed by atoms with Crippen LogP contribution < -0.4 is 5.32 Å². The predicted molar refractivity (Wildman–Crippen MR) is 151 cm³/mol. The Labute approximate surface area is 230 Å². The summed E-state index contributed by atoms with van der Waals surface area (Å²) in [6, 6.07) is 24.6. The Hall–Kier alpha value is -2.82. The molecule has 0 aromatic heterocycles. The number of halogens is 2. The number of amides is 2. The van der Waals surface area contributed by atoms with Gasteiger partial charge in [-0.2, -0.15) is 0 Å². The molecule has 0 saturated heterocycles. The molecular formula is C31H34Cl2N2O2. The molecule has 1 unspecified atom stereocenters. The highest BCUT2D eigenvalue weighted by Gasteiger charge is 2.32. The highest BCUT2D eigenvalue weighted by molar-refractivity contribution is 6.35. The third-order valence-electron chi connectivity index (χ3n) is 7.05. The molecule has 0 aliphatic heterocycles. The second-order valence-corrected chi connectivity index (χ2v) is 10.6. The minimum Gasteiger partial charge on any atom is -0.352 e. The molecule has 37 heavy (non-hydrogen) atoms. The van der Waals surface area contributed by atoms with Crippen molar-refractivity contribution in [2.24, 2.45) is 0 Å². The van der Waals surface area contributed by atoms with E-state index in [1.54, 1.807) is 17.0 Å². The molecule has 4 nitrogen and oxygen atoms in total. The molecule has 0 bridgehead atoms. The molecule has 6 heteroatoms. The zero-order valence-electron chi connectivity index (χ0n) is 21.0. The molecule has 1 aliphatic carbocycles. The van der Waals surface area contributed by atoms with E-state index >= 15 is 0 Å². The second-order valence-electron chi connectivity index (χ2n) is 9.79. The number of aryl methyl sites for hydroxylation is 1. The van der Waals surface area contributed by atoms with Crippen molar-refractivity contribution in [2.45, 2.75) is 70.0 Å². The van der Waals surface area contributed by atoms with Gasteiger partial charge in [0.1, 0.15) is 6.04 Å². The van der Waals surface area contributed by atoms with Crippen molar-refractivity contribution in [1.29, 1.82) is 0 Å². The average molecular weight is 538 g/mol. The zero-order valence-corrected chi connectivity index (χ0v) is 22.6. The first-order chi connectivity index (χ1) is 18.0. The third kappa shape index (κ3) is 8.08. The summed E-state index contributed by atoms with van der Waals surface area (Å²) < 4.78 is 0. The van der Waals surface area contributed by atoms with Crippen LogP contribution >= 0.6 is 23.2 Å². The maximum absolute atomic E-state index is 13.8. The van der Waals surface area contributed by atoms with E-state index in [9.17, 15) is 9.59 Å². The summed E-state index contributed by atoms with van der Waals surface area (Å²) in [7, 11) is 0. The van der Waals surface area contributed by atoms with Crippen LogP contribution in [0.15, 0.2) is 78.9 Å². The molecule has 1 aliphatic rings. The van der Waals surface area contributed by atoms with Gasteiger partial charge in [0.25, 0.3) is 0 Å². The number of carbonyl (C=O) groups is 2. The van der Waals surface area contributed by atoms with E-state index in [1.165, 1.54) is 6.42 Å². The fraction of sp³-hybridized carbons (Fsp3) is 0.355. The minimum absolute atomic E-state index is 0.0744. The van der Waals surface area contributed by atoms with E-state index in [1.807, 2.05) is 66.7 Å². The van der Waals surface area contributed by atoms with Crippen LogP contribution in [0.1, 0.15) is 55.2 Å². The van der Waals surface area contributed by atoms with E-state index in [-0.39, 0.29) is 24.4 Å². The SMILES string of the molecule is O=C(NC1CCCCC1)C(Cc1ccccc1)N(Cc1ccc(Cl)cc1Cl)C(=O)CCc1ccccc1. The van der Waals surface area contributed by atoms with Gasteiger partial charge in [-0.05, 0) is 48.1 Å². The fourth-order valence-corrected chi connectivity index (χ4v) is 5.44. The first-order valence-corrected chi connectivity index (χ1v) is 13.9. The van der Waals surface area contributed by atoms with Gasteiger partial charge in [-0.3, -0.25) is 9.59 Å². The number of nitrogens with zero attached hydrogens (tertiary/aromatic N) is 1. The third-order valence-corrected chi connectivity index (χ3v) is 7.64. The van der Waals surface area contributed by atoms with Gasteiger partial charge >= 0.3 is 0 Å². The molecule has 0 heterocycles. The quantitative estimate of drug-likeness (QED) is 0.302.